The first-order chi connectivity index (χ1) is 14.8. The molecular weight excluding hydrogens is 440 g/mol. The molecule has 9 nitrogen and oxygen atoms in total. The molecule has 31 heavy (non-hydrogen) atoms. The van der Waals surface area contributed by atoms with Crippen molar-refractivity contribution >= 4 is 31.6 Å². The zero-order chi connectivity index (χ0) is 22.2. The van der Waals surface area contributed by atoms with Crippen molar-refractivity contribution in [1.82, 2.24) is 19.0 Å². The number of thiazole rings is 1. The van der Waals surface area contributed by atoms with E-state index in [1.165, 1.54) is 23.7 Å². The molecule has 11 heteroatoms. The summed E-state index contributed by atoms with van der Waals surface area (Å²) < 4.78 is 39.9. The van der Waals surface area contributed by atoms with Gasteiger partial charge < -0.3 is 13.8 Å². The van der Waals surface area contributed by atoms with Crippen LogP contribution >= 0.6 is 11.3 Å². The maximum Gasteiger partial charge on any atom is 0.307 e. The number of fused-ring (bicyclic) bond motifs is 1. The molecule has 2 heterocycles. The molecule has 2 aromatic carbocycles. The third-order valence-corrected chi connectivity index (χ3v) is 7.52. The lowest BCUT2D eigenvalue weighted by Crippen LogP contribution is -2.26. The van der Waals surface area contributed by atoms with Gasteiger partial charge in [-0.15, -0.1) is 0 Å². The summed E-state index contributed by atoms with van der Waals surface area (Å²) >= 11 is 1.00. The van der Waals surface area contributed by atoms with Crippen molar-refractivity contribution < 1.29 is 17.7 Å². The Labute approximate surface area is 182 Å². The van der Waals surface area contributed by atoms with Gasteiger partial charge in [-0.3, -0.25) is 4.79 Å². The van der Waals surface area contributed by atoms with Crippen LogP contribution in [0.1, 0.15) is 12.8 Å². The Kier molecular flexibility index (Phi) is 5.65. The highest BCUT2D eigenvalue weighted by molar-refractivity contribution is 7.89. The number of nitrogens with zero attached hydrogens (tertiary/aromatic N) is 4. The zero-order valence-corrected chi connectivity index (χ0v) is 18.7. The molecule has 0 saturated heterocycles. The Hall–Kier alpha value is -3.02. The molecule has 0 bridgehead atoms. The number of rotatable bonds is 7. The molecule has 0 saturated carbocycles. The Morgan fingerprint density at radius 2 is 1.94 bits per heavy atom. The number of hydrogen-bond donors (Lipinski definition) is 0. The highest BCUT2D eigenvalue weighted by atomic mass is 32.2. The third-order valence-electron chi connectivity index (χ3n) is 4.72. The lowest BCUT2D eigenvalue weighted by molar-refractivity contribution is 0.336. The van der Waals surface area contributed by atoms with E-state index in [1.807, 2.05) is 6.92 Å². The molecule has 0 unspecified atom stereocenters. The van der Waals surface area contributed by atoms with E-state index in [0.29, 0.717) is 22.6 Å². The standard InChI is InChI=1S/C20H20N4O5S2/c1-4-28-14-7-5-13(6-8-14)19-21-18(29-22-19)12-23(2)31(26,27)15-9-10-16-17(11-15)30-20(25)24(16)3/h5-11H,4,12H2,1-3H3. The number of ether oxygens (including phenoxy) is 1. The van der Waals surface area contributed by atoms with Crippen molar-refractivity contribution in [2.24, 2.45) is 7.05 Å². The first kappa shape index (κ1) is 21.2. The first-order valence-electron chi connectivity index (χ1n) is 9.41. The maximum absolute atomic E-state index is 13.0. The van der Waals surface area contributed by atoms with Crippen molar-refractivity contribution in [2.45, 2.75) is 18.4 Å². The average molecular weight is 461 g/mol. The van der Waals surface area contributed by atoms with Gasteiger partial charge >= 0.3 is 4.87 Å². The molecule has 4 aromatic rings. The van der Waals surface area contributed by atoms with Crippen LogP contribution in [-0.2, 0) is 23.6 Å². The van der Waals surface area contributed by atoms with E-state index in [9.17, 15) is 13.2 Å². The average Bonchev–Trinajstić information content (AvgIpc) is 3.33. The van der Waals surface area contributed by atoms with E-state index < -0.39 is 10.0 Å². The number of sulfonamides is 1. The maximum atomic E-state index is 13.0. The minimum Gasteiger partial charge on any atom is -0.494 e. The van der Waals surface area contributed by atoms with Crippen molar-refractivity contribution in [3.8, 4) is 17.1 Å². The normalized spacial score (nSPS) is 12.0. The molecule has 0 radical (unpaired) electrons. The zero-order valence-electron chi connectivity index (χ0n) is 17.1. The van der Waals surface area contributed by atoms with Gasteiger partial charge in [0.05, 0.1) is 28.3 Å². The van der Waals surface area contributed by atoms with E-state index >= 15 is 0 Å². The van der Waals surface area contributed by atoms with Crippen molar-refractivity contribution in [3.05, 3.63) is 58.0 Å². The first-order valence-corrected chi connectivity index (χ1v) is 11.7. The second-order valence-electron chi connectivity index (χ2n) is 6.79. The number of benzene rings is 2. The van der Waals surface area contributed by atoms with Crippen LogP contribution in [0.15, 0.2) is 56.7 Å². The molecule has 4 rings (SSSR count). The smallest absolute Gasteiger partial charge is 0.307 e. The lowest BCUT2D eigenvalue weighted by atomic mass is 10.2. The second kappa shape index (κ2) is 8.25. The van der Waals surface area contributed by atoms with Gasteiger partial charge in [-0.1, -0.05) is 16.5 Å². The van der Waals surface area contributed by atoms with Gasteiger partial charge in [0.2, 0.25) is 21.7 Å². The predicted octanol–water partition coefficient (Wildman–Crippen LogP) is 2.87. The fourth-order valence-electron chi connectivity index (χ4n) is 3.03. The summed E-state index contributed by atoms with van der Waals surface area (Å²) in [5, 5.41) is 3.94. The fourth-order valence-corrected chi connectivity index (χ4v) is 5.17. The van der Waals surface area contributed by atoms with Gasteiger partial charge in [0, 0.05) is 19.7 Å². The highest BCUT2D eigenvalue weighted by Crippen LogP contribution is 2.24. The summed E-state index contributed by atoms with van der Waals surface area (Å²) in [6.07, 6.45) is 0. The summed E-state index contributed by atoms with van der Waals surface area (Å²) in [5.74, 6) is 1.26. The summed E-state index contributed by atoms with van der Waals surface area (Å²) in [4.78, 5) is 16.1. The molecule has 0 aliphatic rings. The van der Waals surface area contributed by atoms with E-state index in [-0.39, 0.29) is 22.2 Å². The Morgan fingerprint density at radius 3 is 2.65 bits per heavy atom. The summed E-state index contributed by atoms with van der Waals surface area (Å²) in [6, 6.07) is 11.8. The van der Waals surface area contributed by atoms with Gasteiger partial charge in [0.1, 0.15) is 5.75 Å². The summed E-state index contributed by atoms with van der Waals surface area (Å²) in [5.41, 5.74) is 1.42. The Morgan fingerprint density at radius 1 is 1.19 bits per heavy atom. The van der Waals surface area contributed by atoms with Gasteiger partial charge in [-0.05, 0) is 49.4 Å². The monoisotopic (exact) mass is 460 g/mol. The predicted molar refractivity (Wildman–Crippen MR) is 117 cm³/mol. The van der Waals surface area contributed by atoms with Crippen LogP contribution in [0.25, 0.3) is 21.6 Å². The van der Waals surface area contributed by atoms with Gasteiger partial charge in [0.25, 0.3) is 0 Å². The van der Waals surface area contributed by atoms with Gasteiger partial charge in [-0.2, -0.15) is 9.29 Å². The van der Waals surface area contributed by atoms with E-state index in [1.54, 1.807) is 37.4 Å². The molecular formula is C20H20N4O5S2. The molecule has 0 aliphatic carbocycles. The lowest BCUT2D eigenvalue weighted by Gasteiger charge is -2.15. The van der Waals surface area contributed by atoms with Crippen LogP contribution in [-0.4, -0.2) is 41.1 Å². The quantitative estimate of drug-likeness (QED) is 0.417. The number of hydrogen-bond acceptors (Lipinski definition) is 8. The van der Waals surface area contributed by atoms with Crippen LogP contribution < -0.4 is 9.61 Å². The molecule has 0 aliphatic heterocycles. The van der Waals surface area contributed by atoms with E-state index in [2.05, 4.69) is 10.1 Å². The molecule has 0 amide bonds. The van der Waals surface area contributed by atoms with Crippen molar-refractivity contribution in [2.75, 3.05) is 13.7 Å². The van der Waals surface area contributed by atoms with Crippen molar-refractivity contribution in [1.29, 1.82) is 0 Å². The highest BCUT2D eigenvalue weighted by Gasteiger charge is 2.24. The molecule has 0 N–H and O–H groups in total. The number of aromatic nitrogens is 3. The summed E-state index contributed by atoms with van der Waals surface area (Å²) in [6.45, 7) is 2.39. The van der Waals surface area contributed by atoms with Gasteiger partial charge in [-0.25, -0.2) is 8.42 Å². The SMILES string of the molecule is CCOc1ccc(-c2noc(CN(C)S(=O)(=O)c3ccc4c(c3)sc(=O)n4C)n2)cc1. The van der Waals surface area contributed by atoms with Crippen LogP contribution in [0, 0.1) is 0 Å². The molecule has 0 spiro atoms. The minimum absolute atomic E-state index is 0.0879. The van der Waals surface area contributed by atoms with Crippen LogP contribution in [0.3, 0.4) is 0 Å². The summed E-state index contributed by atoms with van der Waals surface area (Å²) in [7, 11) is -0.725. The largest absolute Gasteiger partial charge is 0.494 e. The van der Waals surface area contributed by atoms with E-state index in [4.69, 9.17) is 9.26 Å². The molecule has 0 fully saturated rings. The van der Waals surface area contributed by atoms with Crippen molar-refractivity contribution in [3.63, 3.8) is 0 Å². The van der Waals surface area contributed by atoms with Crippen LogP contribution in [0.2, 0.25) is 0 Å². The minimum atomic E-state index is -3.82. The number of aryl methyl sites for hydroxylation is 1. The third kappa shape index (κ3) is 4.11. The van der Waals surface area contributed by atoms with Crippen LogP contribution in [0.5, 0.6) is 5.75 Å². The second-order valence-corrected chi connectivity index (χ2v) is 9.82. The fraction of sp³-hybridized carbons (Fsp3) is 0.250. The van der Waals surface area contributed by atoms with E-state index in [0.717, 1.165) is 27.0 Å². The molecule has 0 atom stereocenters. The Balaban J connectivity index is 1.53. The topological polar surface area (TPSA) is 108 Å². The molecule has 162 valence electrons. The Bertz CT molecular complexity index is 1390. The van der Waals surface area contributed by atoms with Crippen LogP contribution in [0.4, 0.5) is 0 Å². The molecule has 2 aromatic heterocycles. The van der Waals surface area contributed by atoms with Gasteiger partial charge in [0.15, 0.2) is 0 Å².